The average molecular weight is 200 g/mol. The molecule has 0 spiro atoms. The van der Waals surface area contributed by atoms with Crippen LogP contribution in [0.25, 0.3) is 0 Å². The van der Waals surface area contributed by atoms with Gasteiger partial charge in [0.15, 0.2) is 0 Å². The fraction of sp³-hybridized carbons (Fsp3) is 0.667. The molecule has 0 unspecified atom stereocenters. The first-order valence-corrected chi connectivity index (χ1v) is 5.23. The minimum absolute atomic E-state index is 0.283. The number of rotatable bonds is 4. The highest BCUT2D eigenvalue weighted by atomic mass is 32.1. The maximum Gasteiger partial charge on any atom is 0.0900 e. The lowest BCUT2D eigenvalue weighted by molar-refractivity contribution is 0.191. The van der Waals surface area contributed by atoms with E-state index in [4.69, 9.17) is 5.11 Å². The van der Waals surface area contributed by atoms with Crippen molar-refractivity contribution in [2.45, 2.75) is 33.4 Å². The zero-order chi connectivity index (χ0) is 9.84. The van der Waals surface area contributed by atoms with Crippen LogP contribution in [0.1, 0.15) is 22.5 Å². The number of aliphatic hydroxyl groups is 1. The first-order valence-electron chi connectivity index (χ1n) is 4.41. The lowest BCUT2D eigenvalue weighted by Crippen LogP contribution is -2.23. The van der Waals surface area contributed by atoms with Gasteiger partial charge in [-0.15, -0.1) is 11.3 Å². The second kappa shape index (κ2) is 4.69. The molecule has 1 rings (SSSR count). The van der Waals surface area contributed by atoms with E-state index in [1.54, 1.807) is 18.3 Å². The number of aliphatic hydroxyl groups excluding tert-OH is 1. The van der Waals surface area contributed by atoms with Crippen molar-refractivity contribution in [3.63, 3.8) is 0 Å². The largest absolute Gasteiger partial charge is 0.392 e. The first kappa shape index (κ1) is 10.6. The van der Waals surface area contributed by atoms with Gasteiger partial charge in [-0.1, -0.05) is 0 Å². The Bertz CT molecular complexity index is 271. The van der Waals surface area contributed by atoms with Crippen LogP contribution in [0.15, 0.2) is 0 Å². The molecule has 1 aromatic rings. The van der Waals surface area contributed by atoms with Crippen LogP contribution in [0, 0.1) is 13.8 Å². The van der Waals surface area contributed by atoms with Gasteiger partial charge in [0.05, 0.1) is 16.8 Å². The highest BCUT2D eigenvalue weighted by Crippen LogP contribution is 2.16. The second-order valence-corrected chi connectivity index (χ2v) is 4.51. The van der Waals surface area contributed by atoms with Crippen molar-refractivity contribution in [1.82, 2.24) is 10.3 Å². The molecule has 0 fully saturated rings. The molecule has 0 saturated heterocycles. The van der Waals surface area contributed by atoms with E-state index < -0.39 is 0 Å². The van der Waals surface area contributed by atoms with Gasteiger partial charge in [-0.05, 0) is 20.8 Å². The van der Waals surface area contributed by atoms with Crippen LogP contribution in [0.4, 0.5) is 0 Å². The summed E-state index contributed by atoms with van der Waals surface area (Å²) in [6.45, 7) is 7.25. The number of hydrogen-bond donors (Lipinski definition) is 2. The normalized spacial score (nSPS) is 13.2. The van der Waals surface area contributed by atoms with Crippen molar-refractivity contribution < 1.29 is 5.11 Å². The van der Waals surface area contributed by atoms with Gasteiger partial charge in [-0.25, -0.2) is 4.98 Å². The highest BCUT2D eigenvalue weighted by Gasteiger charge is 2.04. The number of thiazole rings is 1. The van der Waals surface area contributed by atoms with Gasteiger partial charge in [-0.2, -0.15) is 0 Å². The van der Waals surface area contributed by atoms with Crippen molar-refractivity contribution in [1.29, 1.82) is 0 Å². The highest BCUT2D eigenvalue weighted by molar-refractivity contribution is 7.11. The summed E-state index contributed by atoms with van der Waals surface area (Å²) in [7, 11) is 0. The Morgan fingerprint density at radius 3 is 2.69 bits per heavy atom. The number of hydrogen-bond acceptors (Lipinski definition) is 4. The quantitative estimate of drug-likeness (QED) is 0.768. The fourth-order valence-electron chi connectivity index (χ4n) is 1.13. The van der Waals surface area contributed by atoms with Crippen LogP contribution in [0.2, 0.25) is 0 Å². The second-order valence-electron chi connectivity index (χ2n) is 3.22. The third-order valence-electron chi connectivity index (χ3n) is 1.72. The molecule has 0 bridgehead atoms. The van der Waals surface area contributed by atoms with Crippen LogP contribution in [0.5, 0.6) is 0 Å². The van der Waals surface area contributed by atoms with E-state index in [-0.39, 0.29) is 6.10 Å². The molecule has 1 atom stereocenters. The smallest absolute Gasteiger partial charge is 0.0900 e. The van der Waals surface area contributed by atoms with Gasteiger partial charge in [0.1, 0.15) is 0 Å². The molecule has 0 aliphatic carbocycles. The average Bonchev–Trinajstić information content (AvgIpc) is 2.29. The molecule has 3 nitrogen and oxygen atoms in total. The molecule has 0 saturated carbocycles. The third-order valence-corrected chi connectivity index (χ3v) is 2.80. The number of aromatic nitrogens is 1. The fourth-order valence-corrected chi connectivity index (χ4v) is 2.04. The molecular weight excluding hydrogens is 184 g/mol. The molecule has 0 amide bonds. The Balaban J connectivity index is 2.40. The van der Waals surface area contributed by atoms with Crippen LogP contribution >= 0.6 is 11.3 Å². The predicted octanol–water partition coefficient (Wildman–Crippen LogP) is 1.23. The van der Waals surface area contributed by atoms with Crippen molar-refractivity contribution in [2.24, 2.45) is 0 Å². The third kappa shape index (κ3) is 3.42. The molecule has 0 aliphatic heterocycles. The monoisotopic (exact) mass is 200 g/mol. The van der Waals surface area contributed by atoms with E-state index in [1.165, 1.54) is 4.88 Å². The maximum atomic E-state index is 9.03. The molecule has 1 heterocycles. The Kier molecular flexibility index (Phi) is 3.84. The van der Waals surface area contributed by atoms with E-state index >= 15 is 0 Å². The first-order chi connectivity index (χ1) is 6.09. The van der Waals surface area contributed by atoms with Crippen LogP contribution in [-0.4, -0.2) is 22.7 Å². The summed E-state index contributed by atoms with van der Waals surface area (Å²) in [6.07, 6.45) is -0.283. The summed E-state index contributed by atoms with van der Waals surface area (Å²) >= 11 is 1.71. The maximum absolute atomic E-state index is 9.03. The van der Waals surface area contributed by atoms with Crippen molar-refractivity contribution in [2.75, 3.05) is 6.54 Å². The molecule has 1 aromatic heterocycles. The Morgan fingerprint density at radius 2 is 2.23 bits per heavy atom. The molecule has 0 aromatic carbocycles. The minimum Gasteiger partial charge on any atom is -0.392 e. The minimum atomic E-state index is -0.283. The summed E-state index contributed by atoms with van der Waals surface area (Å²) in [6, 6.07) is 0. The van der Waals surface area contributed by atoms with E-state index in [1.807, 2.05) is 13.8 Å². The SMILES string of the molecule is Cc1nc(C)c(CNC[C@@H](C)O)s1. The zero-order valence-electron chi connectivity index (χ0n) is 8.29. The summed E-state index contributed by atoms with van der Waals surface area (Å²) in [4.78, 5) is 5.59. The molecule has 0 aliphatic rings. The van der Waals surface area contributed by atoms with Crippen LogP contribution in [0.3, 0.4) is 0 Å². The standard InChI is InChI=1S/C9H16N2OS/c1-6(12)4-10-5-9-7(2)11-8(3)13-9/h6,10,12H,4-5H2,1-3H3/t6-/m1/s1. The van der Waals surface area contributed by atoms with E-state index in [0.717, 1.165) is 17.2 Å². The van der Waals surface area contributed by atoms with Gasteiger partial charge in [-0.3, -0.25) is 0 Å². The Labute approximate surface area is 82.8 Å². The van der Waals surface area contributed by atoms with Crippen molar-refractivity contribution >= 4 is 11.3 Å². The predicted molar refractivity (Wildman–Crippen MR) is 55.0 cm³/mol. The molecule has 2 N–H and O–H groups in total. The lowest BCUT2D eigenvalue weighted by Gasteiger charge is -2.05. The summed E-state index contributed by atoms with van der Waals surface area (Å²) in [5.74, 6) is 0. The molecule has 74 valence electrons. The van der Waals surface area contributed by atoms with Gasteiger partial charge in [0.25, 0.3) is 0 Å². The van der Waals surface area contributed by atoms with E-state index in [9.17, 15) is 0 Å². The van der Waals surface area contributed by atoms with Crippen LogP contribution in [-0.2, 0) is 6.54 Å². The number of aryl methyl sites for hydroxylation is 2. The topological polar surface area (TPSA) is 45.2 Å². The lowest BCUT2D eigenvalue weighted by atomic mass is 10.3. The molecule has 0 radical (unpaired) electrons. The zero-order valence-corrected chi connectivity index (χ0v) is 9.11. The summed E-state index contributed by atoms with van der Waals surface area (Å²) < 4.78 is 0. The van der Waals surface area contributed by atoms with Crippen LogP contribution < -0.4 is 5.32 Å². The van der Waals surface area contributed by atoms with Gasteiger partial charge in [0.2, 0.25) is 0 Å². The molecular formula is C9H16N2OS. The number of nitrogens with one attached hydrogen (secondary N) is 1. The Hall–Kier alpha value is -0.450. The van der Waals surface area contributed by atoms with Gasteiger partial charge < -0.3 is 10.4 Å². The van der Waals surface area contributed by atoms with E-state index in [0.29, 0.717) is 6.54 Å². The summed E-state index contributed by atoms with van der Waals surface area (Å²) in [5.41, 5.74) is 1.10. The van der Waals surface area contributed by atoms with Gasteiger partial charge >= 0.3 is 0 Å². The molecule has 13 heavy (non-hydrogen) atoms. The van der Waals surface area contributed by atoms with Gasteiger partial charge in [0, 0.05) is 18.0 Å². The number of nitrogens with zero attached hydrogens (tertiary/aromatic N) is 1. The summed E-state index contributed by atoms with van der Waals surface area (Å²) in [5, 5.41) is 13.3. The van der Waals surface area contributed by atoms with Crippen molar-refractivity contribution in [3.8, 4) is 0 Å². The molecule has 4 heteroatoms. The Morgan fingerprint density at radius 1 is 1.54 bits per heavy atom. The van der Waals surface area contributed by atoms with Crippen molar-refractivity contribution in [3.05, 3.63) is 15.6 Å². The van der Waals surface area contributed by atoms with E-state index in [2.05, 4.69) is 10.3 Å².